The van der Waals surface area contributed by atoms with E-state index in [0.717, 1.165) is 71.4 Å². The molecule has 5 nitrogen and oxygen atoms in total. The van der Waals surface area contributed by atoms with Gasteiger partial charge in [-0.2, -0.15) is 4.98 Å². The second-order valence-electron chi connectivity index (χ2n) is 11.0. The van der Waals surface area contributed by atoms with Crippen LogP contribution in [0.2, 0.25) is 0 Å². The Morgan fingerprint density at radius 3 is 1.95 bits per heavy atom. The minimum absolute atomic E-state index is 0.553. The SMILES string of the molecule is c1ccc2cc3c(cc2c1)c1ccccc1n3-c1nc(-c2cccc3oc4ccccc4c23)c2c(n1)oc1ccccc12. The zero-order chi connectivity index (χ0) is 28.1. The minimum atomic E-state index is 0.553. The van der Waals surface area contributed by atoms with Crippen LogP contribution < -0.4 is 0 Å². The minimum Gasteiger partial charge on any atom is -0.456 e. The first kappa shape index (κ1) is 22.7. The largest absolute Gasteiger partial charge is 0.456 e. The average molecular weight is 552 g/mol. The molecule has 0 aliphatic heterocycles. The fraction of sp³-hybridized carbons (Fsp3) is 0. The van der Waals surface area contributed by atoms with Gasteiger partial charge in [-0.05, 0) is 47.2 Å². The molecule has 0 saturated carbocycles. The molecule has 0 amide bonds. The highest BCUT2D eigenvalue weighted by molar-refractivity contribution is 6.18. The topological polar surface area (TPSA) is 57.0 Å². The van der Waals surface area contributed by atoms with Gasteiger partial charge in [-0.25, -0.2) is 4.98 Å². The Morgan fingerprint density at radius 2 is 1.12 bits per heavy atom. The summed E-state index contributed by atoms with van der Waals surface area (Å²) in [5, 5.41) is 8.64. The second-order valence-corrected chi connectivity index (χ2v) is 11.0. The maximum Gasteiger partial charge on any atom is 0.238 e. The van der Waals surface area contributed by atoms with Crippen LogP contribution in [0.5, 0.6) is 0 Å². The number of aromatic nitrogens is 3. The van der Waals surface area contributed by atoms with Crippen molar-refractivity contribution < 1.29 is 8.83 Å². The van der Waals surface area contributed by atoms with Crippen LogP contribution in [0.1, 0.15) is 0 Å². The van der Waals surface area contributed by atoms with Gasteiger partial charge in [0.15, 0.2) is 0 Å². The Hall–Kier alpha value is -5.94. The number of benzene rings is 6. The van der Waals surface area contributed by atoms with Crippen LogP contribution in [0.15, 0.2) is 136 Å². The van der Waals surface area contributed by atoms with E-state index in [9.17, 15) is 0 Å². The Kier molecular flexibility index (Phi) is 4.39. The van der Waals surface area contributed by atoms with Crippen LogP contribution >= 0.6 is 0 Å². The maximum atomic E-state index is 6.44. The predicted molar refractivity (Wildman–Crippen MR) is 174 cm³/mol. The first-order chi connectivity index (χ1) is 21.3. The lowest BCUT2D eigenvalue weighted by Crippen LogP contribution is -2.03. The van der Waals surface area contributed by atoms with E-state index in [2.05, 4.69) is 83.4 Å². The van der Waals surface area contributed by atoms with Gasteiger partial charge in [0, 0.05) is 32.5 Å². The van der Waals surface area contributed by atoms with E-state index in [1.807, 2.05) is 48.5 Å². The summed E-state index contributed by atoms with van der Waals surface area (Å²) in [5.74, 6) is 0.563. The van der Waals surface area contributed by atoms with Gasteiger partial charge in [-0.1, -0.05) is 91.0 Å². The van der Waals surface area contributed by atoms with Gasteiger partial charge >= 0.3 is 0 Å². The summed E-state index contributed by atoms with van der Waals surface area (Å²) in [6, 6.07) is 43.8. The summed E-state index contributed by atoms with van der Waals surface area (Å²) in [7, 11) is 0. The standard InChI is InChI=1S/C38H21N3O2/c1-2-11-23-21-30-28(20-22(23)10-1)24-12-3-6-16-29(24)41(30)38-39-36(35-26-14-5-8-18-32(26)43-37(35)40-38)27-15-9-19-33-34(27)25-13-4-7-17-31(25)42-33/h1-21H. The lowest BCUT2D eigenvalue weighted by Gasteiger charge is -2.10. The Bertz CT molecular complexity index is 2750. The highest BCUT2D eigenvalue weighted by Gasteiger charge is 2.23. The first-order valence-corrected chi connectivity index (χ1v) is 14.3. The summed E-state index contributed by atoms with van der Waals surface area (Å²) in [5.41, 5.74) is 6.89. The summed E-state index contributed by atoms with van der Waals surface area (Å²) in [6.07, 6.45) is 0. The molecule has 4 heterocycles. The zero-order valence-electron chi connectivity index (χ0n) is 22.8. The van der Waals surface area contributed by atoms with Crippen LogP contribution in [-0.4, -0.2) is 14.5 Å². The van der Waals surface area contributed by atoms with Crippen LogP contribution in [0.4, 0.5) is 0 Å². The molecule has 0 spiro atoms. The molecule has 0 aliphatic rings. The fourth-order valence-corrected chi connectivity index (χ4v) is 6.75. The van der Waals surface area contributed by atoms with Crippen LogP contribution in [0, 0.1) is 0 Å². The van der Waals surface area contributed by atoms with Crippen molar-refractivity contribution in [3.63, 3.8) is 0 Å². The van der Waals surface area contributed by atoms with Crippen molar-refractivity contribution in [2.75, 3.05) is 0 Å². The molecule has 0 aliphatic carbocycles. The Morgan fingerprint density at radius 1 is 0.465 bits per heavy atom. The van der Waals surface area contributed by atoms with Crippen molar-refractivity contribution in [1.82, 2.24) is 14.5 Å². The second kappa shape index (κ2) is 8.30. The third-order valence-electron chi connectivity index (χ3n) is 8.62. The summed E-state index contributed by atoms with van der Waals surface area (Å²) >= 11 is 0. The van der Waals surface area contributed by atoms with Gasteiger partial charge in [-0.3, -0.25) is 4.57 Å². The smallest absolute Gasteiger partial charge is 0.238 e. The van der Waals surface area contributed by atoms with Gasteiger partial charge in [0.05, 0.1) is 22.1 Å². The number of hydrogen-bond acceptors (Lipinski definition) is 4. The van der Waals surface area contributed by atoms with Crippen LogP contribution in [-0.2, 0) is 0 Å². The quantitative estimate of drug-likeness (QED) is 0.214. The van der Waals surface area contributed by atoms with E-state index < -0.39 is 0 Å². The number of rotatable bonds is 2. The molecule has 0 atom stereocenters. The molecule has 43 heavy (non-hydrogen) atoms. The molecule has 0 bridgehead atoms. The molecule has 0 N–H and O–H groups in total. The molecule has 0 radical (unpaired) electrons. The van der Waals surface area contributed by atoms with Gasteiger partial charge in [0.2, 0.25) is 11.7 Å². The number of fused-ring (bicyclic) bond motifs is 10. The molecule has 0 saturated heterocycles. The number of hydrogen-bond donors (Lipinski definition) is 0. The molecule has 200 valence electrons. The third-order valence-corrected chi connectivity index (χ3v) is 8.62. The van der Waals surface area contributed by atoms with Crippen molar-refractivity contribution in [2.45, 2.75) is 0 Å². The molecular formula is C38H21N3O2. The van der Waals surface area contributed by atoms with E-state index in [4.69, 9.17) is 18.8 Å². The molecular weight excluding hydrogens is 530 g/mol. The van der Waals surface area contributed by atoms with E-state index in [0.29, 0.717) is 11.7 Å². The number of furan rings is 2. The monoisotopic (exact) mass is 551 g/mol. The Labute approximate surface area is 244 Å². The maximum absolute atomic E-state index is 6.44. The van der Waals surface area contributed by atoms with Crippen LogP contribution in [0.3, 0.4) is 0 Å². The summed E-state index contributed by atoms with van der Waals surface area (Å²) in [4.78, 5) is 10.5. The lowest BCUT2D eigenvalue weighted by molar-refractivity contribution is 0.651. The van der Waals surface area contributed by atoms with Crippen molar-refractivity contribution in [3.05, 3.63) is 127 Å². The summed E-state index contributed by atoms with van der Waals surface area (Å²) < 4.78 is 14.9. The Balaban J connectivity index is 1.39. The van der Waals surface area contributed by atoms with Crippen molar-refractivity contribution in [2.24, 2.45) is 0 Å². The predicted octanol–water partition coefficient (Wildman–Crippen LogP) is 10.2. The highest BCUT2D eigenvalue weighted by atomic mass is 16.3. The summed E-state index contributed by atoms with van der Waals surface area (Å²) in [6.45, 7) is 0. The molecule has 0 fully saturated rings. The molecule has 4 aromatic heterocycles. The van der Waals surface area contributed by atoms with Crippen molar-refractivity contribution in [1.29, 1.82) is 0 Å². The molecule has 10 rings (SSSR count). The average Bonchev–Trinajstić information content (AvgIpc) is 3.72. The zero-order valence-corrected chi connectivity index (χ0v) is 22.8. The molecule has 6 aromatic carbocycles. The van der Waals surface area contributed by atoms with Crippen molar-refractivity contribution in [3.8, 4) is 17.2 Å². The van der Waals surface area contributed by atoms with E-state index in [-0.39, 0.29) is 0 Å². The van der Waals surface area contributed by atoms with Gasteiger partial charge < -0.3 is 8.83 Å². The van der Waals surface area contributed by atoms with E-state index in [1.54, 1.807) is 0 Å². The van der Waals surface area contributed by atoms with Gasteiger partial charge in [0.1, 0.15) is 16.7 Å². The van der Waals surface area contributed by atoms with E-state index in [1.165, 1.54) is 10.8 Å². The third kappa shape index (κ3) is 3.11. The van der Waals surface area contributed by atoms with Crippen LogP contribution in [0.25, 0.3) is 93.8 Å². The molecule has 10 aromatic rings. The van der Waals surface area contributed by atoms with Gasteiger partial charge in [-0.15, -0.1) is 0 Å². The fourth-order valence-electron chi connectivity index (χ4n) is 6.75. The number of nitrogens with zero attached hydrogens (tertiary/aromatic N) is 3. The molecule has 0 unspecified atom stereocenters. The highest BCUT2D eigenvalue weighted by Crippen LogP contribution is 2.42. The van der Waals surface area contributed by atoms with E-state index >= 15 is 0 Å². The number of para-hydroxylation sites is 3. The van der Waals surface area contributed by atoms with Gasteiger partial charge in [0.25, 0.3) is 0 Å². The normalized spacial score (nSPS) is 12.2. The van der Waals surface area contributed by atoms with Crippen molar-refractivity contribution >= 4 is 76.6 Å². The first-order valence-electron chi connectivity index (χ1n) is 14.3. The molecule has 5 heteroatoms. The lowest BCUT2D eigenvalue weighted by atomic mass is 10.0.